The number of nitrogens with one attached hydrogen (secondary N) is 1. The average Bonchev–Trinajstić information content (AvgIpc) is 3.03. The van der Waals surface area contributed by atoms with Crippen LogP contribution in [-0.4, -0.2) is 52.3 Å². The zero-order chi connectivity index (χ0) is 18.6. The van der Waals surface area contributed by atoms with Crippen LogP contribution < -0.4 is 0 Å². The molecule has 2 aliphatic rings. The topological polar surface area (TPSA) is 100 Å². The maximum Gasteiger partial charge on any atom is 0.341 e. The molecule has 1 fully saturated rings. The molecule has 3 heterocycles. The fraction of sp³-hybridized carbons (Fsp3) is 0.611. The van der Waals surface area contributed by atoms with E-state index in [0.29, 0.717) is 50.9 Å². The predicted molar refractivity (Wildman–Crippen MR) is 93.4 cm³/mol. The lowest BCUT2D eigenvalue weighted by atomic mass is 10.0. The summed E-state index contributed by atoms with van der Waals surface area (Å²) in [7, 11) is 0. The number of likely N-dealkylation sites (tertiary alicyclic amines) is 1. The van der Waals surface area contributed by atoms with Crippen molar-refractivity contribution >= 4 is 11.9 Å². The van der Waals surface area contributed by atoms with E-state index in [1.165, 1.54) is 6.20 Å². The molecule has 1 aromatic rings. The Balaban J connectivity index is 1.53. The summed E-state index contributed by atoms with van der Waals surface area (Å²) in [6.07, 6.45) is 9.89. The van der Waals surface area contributed by atoms with Crippen molar-refractivity contribution in [1.29, 1.82) is 0 Å². The van der Waals surface area contributed by atoms with Crippen LogP contribution in [0.25, 0.3) is 0 Å². The Bertz CT molecular complexity index is 742. The molecular weight excluding hydrogens is 334 g/mol. The summed E-state index contributed by atoms with van der Waals surface area (Å²) in [6, 6.07) is 0. The lowest BCUT2D eigenvalue weighted by molar-refractivity contribution is -0.130. The van der Waals surface area contributed by atoms with Crippen LogP contribution in [0.2, 0.25) is 0 Å². The molecule has 138 valence electrons. The van der Waals surface area contributed by atoms with E-state index in [0.717, 1.165) is 12.1 Å². The zero-order valence-corrected chi connectivity index (χ0v) is 14.9. The van der Waals surface area contributed by atoms with Crippen LogP contribution in [0.4, 0.5) is 0 Å². The molecule has 0 radical (unpaired) electrons. The first kappa shape index (κ1) is 18.1. The van der Waals surface area contributed by atoms with Crippen LogP contribution >= 0.6 is 0 Å². The van der Waals surface area contributed by atoms with Gasteiger partial charge in [0, 0.05) is 44.7 Å². The number of hydrogen-bond acceptors (Lipinski definition) is 6. The van der Waals surface area contributed by atoms with E-state index in [1.54, 1.807) is 6.92 Å². The Kier molecular flexibility index (Phi) is 5.35. The second-order valence-corrected chi connectivity index (χ2v) is 6.63. The highest BCUT2D eigenvalue weighted by atomic mass is 16.5. The summed E-state index contributed by atoms with van der Waals surface area (Å²) in [4.78, 5) is 26.4. The smallest absolute Gasteiger partial charge is 0.341 e. The van der Waals surface area contributed by atoms with Crippen LogP contribution in [0.1, 0.15) is 61.0 Å². The molecule has 1 N–H and O–H groups in total. The summed E-state index contributed by atoms with van der Waals surface area (Å²) in [5.41, 5.74) is 0.771. The van der Waals surface area contributed by atoms with Gasteiger partial charge in [0.15, 0.2) is 5.66 Å². The molecule has 0 aromatic carbocycles. The maximum atomic E-state index is 12.5. The molecule has 0 aliphatic carbocycles. The third-order valence-corrected chi connectivity index (χ3v) is 4.91. The summed E-state index contributed by atoms with van der Waals surface area (Å²) >= 11 is 0. The van der Waals surface area contributed by atoms with Gasteiger partial charge < -0.3 is 9.64 Å². The van der Waals surface area contributed by atoms with Gasteiger partial charge in [0.2, 0.25) is 5.91 Å². The minimum atomic E-state index is -0.429. The number of amides is 1. The lowest BCUT2D eigenvalue weighted by Gasteiger charge is -2.17. The standard InChI is InChI=1S/C18H23N5O3/c1-3-5-8-18(21-22-18)9-6-15(24)23-10-7-13(12-23)16-14(11-19-20-16)17(25)26-4-2/h1,11,13H,4-10,12H2,2H3,(H,19,20). The van der Waals surface area contributed by atoms with Crippen molar-refractivity contribution in [3.05, 3.63) is 17.5 Å². The van der Waals surface area contributed by atoms with Crippen LogP contribution in [0.15, 0.2) is 16.4 Å². The van der Waals surface area contributed by atoms with Gasteiger partial charge in [0.25, 0.3) is 0 Å². The highest BCUT2D eigenvalue weighted by Crippen LogP contribution is 2.38. The number of aromatic amines is 1. The van der Waals surface area contributed by atoms with E-state index < -0.39 is 5.66 Å². The minimum Gasteiger partial charge on any atom is -0.462 e. The monoisotopic (exact) mass is 357 g/mol. The van der Waals surface area contributed by atoms with Crippen molar-refractivity contribution in [2.75, 3.05) is 19.7 Å². The van der Waals surface area contributed by atoms with Crippen molar-refractivity contribution < 1.29 is 14.3 Å². The first-order valence-electron chi connectivity index (χ1n) is 8.94. The largest absolute Gasteiger partial charge is 0.462 e. The van der Waals surface area contributed by atoms with Gasteiger partial charge in [-0.3, -0.25) is 9.89 Å². The number of terminal acetylenes is 1. The molecule has 1 unspecified atom stereocenters. The normalized spacial score (nSPS) is 20.0. The SMILES string of the molecule is C#CCCC1(CCC(=O)N2CCC(c3[nH]ncc3C(=O)OCC)C2)N=N1. The van der Waals surface area contributed by atoms with Gasteiger partial charge in [-0.2, -0.15) is 15.3 Å². The first-order chi connectivity index (χ1) is 12.6. The molecular formula is C18H23N5O3. The highest BCUT2D eigenvalue weighted by Gasteiger charge is 2.40. The van der Waals surface area contributed by atoms with Crippen LogP contribution in [-0.2, 0) is 9.53 Å². The van der Waals surface area contributed by atoms with E-state index in [9.17, 15) is 9.59 Å². The van der Waals surface area contributed by atoms with E-state index in [2.05, 4.69) is 26.3 Å². The minimum absolute atomic E-state index is 0.0616. The third kappa shape index (κ3) is 3.93. The quantitative estimate of drug-likeness (QED) is 0.570. The summed E-state index contributed by atoms with van der Waals surface area (Å²) < 4.78 is 5.06. The summed E-state index contributed by atoms with van der Waals surface area (Å²) in [5, 5.41) is 15.0. The van der Waals surface area contributed by atoms with E-state index >= 15 is 0 Å². The summed E-state index contributed by atoms with van der Waals surface area (Å²) in [5.74, 6) is 2.35. The molecule has 0 saturated carbocycles. The number of aromatic nitrogens is 2. The molecule has 1 amide bonds. The Morgan fingerprint density at radius 1 is 1.46 bits per heavy atom. The second kappa shape index (κ2) is 7.68. The molecule has 2 aliphatic heterocycles. The highest BCUT2D eigenvalue weighted by molar-refractivity contribution is 5.90. The van der Waals surface area contributed by atoms with Crippen LogP contribution in [0, 0.1) is 12.3 Å². The van der Waals surface area contributed by atoms with Crippen molar-refractivity contribution in [3.63, 3.8) is 0 Å². The Hall–Kier alpha value is -2.69. The molecule has 3 rings (SSSR count). The number of carbonyl (C=O) groups is 2. The van der Waals surface area contributed by atoms with E-state index in [1.807, 2.05) is 4.90 Å². The molecule has 0 bridgehead atoms. The molecule has 26 heavy (non-hydrogen) atoms. The van der Waals surface area contributed by atoms with Crippen LogP contribution in [0.5, 0.6) is 0 Å². The number of carbonyl (C=O) groups excluding carboxylic acids is 2. The molecule has 1 saturated heterocycles. The molecule has 1 aromatic heterocycles. The number of ether oxygens (including phenoxy) is 1. The fourth-order valence-corrected chi connectivity index (χ4v) is 3.33. The van der Waals surface area contributed by atoms with Crippen molar-refractivity contribution in [2.24, 2.45) is 10.2 Å². The summed E-state index contributed by atoms with van der Waals surface area (Å²) in [6.45, 7) is 3.31. The number of rotatable bonds is 8. The van der Waals surface area contributed by atoms with Crippen molar-refractivity contribution in [1.82, 2.24) is 15.1 Å². The van der Waals surface area contributed by atoms with Gasteiger partial charge in [-0.05, 0) is 13.3 Å². The van der Waals surface area contributed by atoms with Gasteiger partial charge >= 0.3 is 5.97 Å². The molecule has 1 atom stereocenters. The van der Waals surface area contributed by atoms with Gasteiger partial charge in [-0.15, -0.1) is 12.3 Å². The lowest BCUT2D eigenvalue weighted by Crippen LogP contribution is -2.29. The number of hydrogen-bond donors (Lipinski definition) is 1. The maximum absolute atomic E-state index is 12.5. The Labute approximate surface area is 152 Å². The second-order valence-electron chi connectivity index (χ2n) is 6.63. The number of nitrogens with zero attached hydrogens (tertiary/aromatic N) is 4. The number of H-pyrrole nitrogens is 1. The molecule has 0 spiro atoms. The average molecular weight is 357 g/mol. The number of esters is 1. The fourth-order valence-electron chi connectivity index (χ4n) is 3.33. The Morgan fingerprint density at radius 2 is 2.27 bits per heavy atom. The molecule has 8 heteroatoms. The zero-order valence-electron chi connectivity index (χ0n) is 14.9. The van der Waals surface area contributed by atoms with Gasteiger partial charge in [-0.1, -0.05) is 0 Å². The first-order valence-corrected chi connectivity index (χ1v) is 8.94. The molecule has 8 nitrogen and oxygen atoms in total. The Morgan fingerprint density at radius 3 is 2.96 bits per heavy atom. The van der Waals surface area contributed by atoms with E-state index in [-0.39, 0.29) is 17.8 Å². The van der Waals surface area contributed by atoms with Gasteiger partial charge in [0.1, 0.15) is 5.56 Å². The van der Waals surface area contributed by atoms with Crippen molar-refractivity contribution in [2.45, 2.75) is 50.6 Å². The third-order valence-electron chi connectivity index (χ3n) is 4.91. The van der Waals surface area contributed by atoms with Gasteiger partial charge in [-0.25, -0.2) is 4.79 Å². The van der Waals surface area contributed by atoms with Gasteiger partial charge in [0.05, 0.1) is 18.5 Å². The van der Waals surface area contributed by atoms with Crippen molar-refractivity contribution in [3.8, 4) is 12.3 Å². The van der Waals surface area contributed by atoms with E-state index in [4.69, 9.17) is 11.2 Å². The predicted octanol–water partition coefficient (Wildman–Crippen LogP) is 2.26. The van der Waals surface area contributed by atoms with Crippen LogP contribution in [0.3, 0.4) is 0 Å².